The summed E-state index contributed by atoms with van der Waals surface area (Å²) in [7, 11) is 0. The third-order valence-corrected chi connectivity index (χ3v) is 4.17. The van der Waals surface area contributed by atoms with Gasteiger partial charge in [-0.15, -0.1) is 24.0 Å². The van der Waals surface area contributed by atoms with Crippen molar-refractivity contribution >= 4 is 36.0 Å². The molecule has 0 radical (unpaired) electrons. The van der Waals surface area contributed by atoms with Gasteiger partial charge in [-0.2, -0.15) is 0 Å². The smallest absolute Gasteiger partial charge is 0.407 e. The van der Waals surface area contributed by atoms with Gasteiger partial charge in [0.1, 0.15) is 5.60 Å². The Labute approximate surface area is 188 Å². The average molecular weight is 511 g/mol. The number of amides is 1. The average Bonchev–Trinajstić information content (AvgIpc) is 2.50. The molecule has 0 atom stereocenters. The van der Waals surface area contributed by atoms with E-state index in [9.17, 15) is 4.79 Å². The molecule has 8 heteroatoms. The second-order valence-corrected chi connectivity index (χ2v) is 9.28. The van der Waals surface area contributed by atoms with Crippen LogP contribution >= 0.6 is 24.0 Å². The molecular formula is C20H42IN5O2. The number of ether oxygens (including phenoxy) is 1. The fourth-order valence-electron chi connectivity index (χ4n) is 2.97. The van der Waals surface area contributed by atoms with Crippen molar-refractivity contribution in [2.24, 2.45) is 4.99 Å². The van der Waals surface area contributed by atoms with E-state index in [0.29, 0.717) is 6.04 Å². The minimum Gasteiger partial charge on any atom is -0.444 e. The van der Waals surface area contributed by atoms with Crippen LogP contribution in [0.5, 0.6) is 0 Å². The van der Waals surface area contributed by atoms with Crippen molar-refractivity contribution in [3.8, 4) is 0 Å². The van der Waals surface area contributed by atoms with Crippen molar-refractivity contribution in [2.45, 2.75) is 97.4 Å². The predicted octanol–water partition coefficient (Wildman–Crippen LogP) is 3.38. The van der Waals surface area contributed by atoms with Crippen LogP contribution in [0, 0.1) is 0 Å². The molecule has 0 aromatic rings. The number of aliphatic imine (C=N–C) groups is 1. The molecule has 0 unspecified atom stereocenters. The highest BCUT2D eigenvalue weighted by Crippen LogP contribution is 2.19. The maximum Gasteiger partial charge on any atom is 0.407 e. The van der Waals surface area contributed by atoms with Crippen molar-refractivity contribution in [1.82, 2.24) is 21.3 Å². The summed E-state index contributed by atoms with van der Waals surface area (Å²) in [4.78, 5) is 16.6. The van der Waals surface area contributed by atoms with E-state index in [1.807, 2.05) is 20.8 Å². The Hall–Kier alpha value is -0.770. The molecule has 1 saturated carbocycles. The lowest BCUT2D eigenvalue weighted by molar-refractivity contribution is 0.0490. The normalized spacial score (nSPS) is 20.8. The fraction of sp³-hybridized carbons (Fsp3) is 0.900. The minimum absolute atomic E-state index is 0. The summed E-state index contributed by atoms with van der Waals surface area (Å²) in [5.41, 5.74) is -0.345. The van der Waals surface area contributed by atoms with E-state index in [1.165, 1.54) is 0 Å². The quantitative estimate of drug-likeness (QED) is 0.190. The largest absolute Gasteiger partial charge is 0.444 e. The number of rotatable bonds is 6. The van der Waals surface area contributed by atoms with E-state index in [0.717, 1.165) is 51.3 Å². The Kier molecular flexibility index (Phi) is 12.4. The van der Waals surface area contributed by atoms with E-state index in [4.69, 9.17) is 4.74 Å². The van der Waals surface area contributed by atoms with E-state index in [-0.39, 0.29) is 41.7 Å². The van der Waals surface area contributed by atoms with Gasteiger partial charge in [-0.3, -0.25) is 4.99 Å². The summed E-state index contributed by atoms with van der Waals surface area (Å²) in [5.74, 6) is 0.872. The molecule has 4 N–H and O–H groups in total. The molecule has 28 heavy (non-hydrogen) atoms. The molecule has 166 valence electrons. The second-order valence-electron chi connectivity index (χ2n) is 9.28. The molecule has 0 heterocycles. The lowest BCUT2D eigenvalue weighted by Crippen LogP contribution is -2.48. The number of guanidine groups is 1. The molecule has 0 bridgehead atoms. The summed E-state index contributed by atoms with van der Waals surface area (Å²) in [6.45, 7) is 16.6. The highest BCUT2D eigenvalue weighted by molar-refractivity contribution is 14.0. The number of halogens is 1. The van der Waals surface area contributed by atoms with Crippen LogP contribution in [0.4, 0.5) is 4.79 Å². The molecule has 7 nitrogen and oxygen atoms in total. The van der Waals surface area contributed by atoms with Crippen molar-refractivity contribution in [3.63, 3.8) is 0 Å². The number of carbonyl (C=O) groups excluding carboxylic acids is 1. The van der Waals surface area contributed by atoms with Crippen LogP contribution in [0.15, 0.2) is 4.99 Å². The summed E-state index contributed by atoms with van der Waals surface area (Å²) in [6.07, 6.45) is 3.58. The molecule has 1 aliphatic rings. The number of alkyl carbamates (subject to hydrolysis) is 1. The maximum absolute atomic E-state index is 11.9. The topological polar surface area (TPSA) is 86.8 Å². The van der Waals surface area contributed by atoms with Crippen molar-refractivity contribution < 1.29 is 9.53 Å². The van der Waals surface area contributed by atoms with Crippen LogP contribution in [0.1, 0.15) is 74.1 Å². The Morgan fingerprint density at radius 2 is 1.54 bits per heavy atom. The van der Waals surface area contributed by atoms with Crippen LogP contribution in [-0.2, 0) is 4.74 Å². The van der Waals surface area contributed by atoms with E-state index in [2.05, 4.69) is 54.0 Å². The Balaban J connectivity index is 0.00000729. The Morgan fingerprint density at radius 3 is 2.00 bits per heavy atom. The summed E-state index contributed by atoms with van der Waals surface area (Å²) in [5, 5.41) is 13.3. The van der Waals surface area contributed by atoms with Crippen LogP contribution in [0.3, 0.4) is 0 Å². The molecule has 1 fully saturated rings. The molecule has 0 aliphatic heterocycles. The zero-order chi connectivity index (χ0) is 20.5. The second kappa shape index (κ2) is 12.7. The van der Waals surface area contributed by atoms with Gasteiger partial charge in [-0.25, -0.2) is 4.79 Å². The molecule has 0 aromatic heterocycles. The molecular weight excluding hydrogens is 469 g/mol. The van der Waals surface area contributed by atoms with Gasteiger partial charge in [-0.05, 0) is 74.1 Å². The van der Waals surface area contributed by atoms with Crippen molar-refractivity contribution in [1.29, 1.82) is 0 Å². The van der Waals surface area contributed by atoms with Gasteiger partial charge in [-0.1, -0.05) is 0 Å². The van der Waals surface area contributed by atoms with Crippen LogP contribution in [0.25, 0.3) is 0 Å². The third-order valence-electron chi connectivity index (χ3n) is 4.17. The predicted molar refractivity (Wildman–Crippen MR) is 128 cm³/mol. The Bertz CT molecular complexity index is 478. The highest BCUT2D eigenvalue weighted by atomic mass is 127. The third kappa shape index (κ3) is 13.4. The van der Waals surface area contributed by atoms with Gasteiger partial charge >= 0.3 is 6.09 Å². The summed E-state index contributed by atoms with van der Waals surface area (Å²) < 4.78 is 5.34. The number of hydrogen-bond acceptors (Lipinski definition) is 4. The molecule has 0 saturated heterocycles. The minimum atomic E-state index is -0.456. The number of hydrogen-bond donors (Lipinski definition) is 4. The zero-order valence-corrected chi connectivity index (χ0v) is 21.1. The molecule has 0 aromatic carbocycles. The van der Waals surface area contributed by atoms with Gasteiger partial charge in [0.05, 0.1) is 6.54 Å². The van der Waals surface area contributed by atoms with Gasteiger partial charge in [0.25, 0.3) is 0 Å². The molecule has 1 aliphatic carbocycles. The van der Waals surface area contributed by atoms with Crippen molar-refractivity contribution in [3.05, 3.63) is 0 Å². The first-order chi connectivity index (χ1) is 12.5. The van der Waals surface area contributed by atoms with Crippen molar-refractivity contribution in [2.75, 3.05) is 19.6 Å². The lowest BCUT2D eigenvalue weighted by atomic mass is 9.91. The molecule has 1 rings (SSSR count). The number of nitrogens with zero attached hydrogens (tertiary/aromatic N) is 1. The summed E-state index contributed by atoms with van der Waals surface area (Å²) >= 11 is 0. The van der Waals surface area contributed by atoms with Gasteiger partial charge in [0.15, 0.2) is 5.96 Å². The zero-order valence-electron chi connectivity index (χ0n) is 18.8. The highest BCUT2D eigenvalue weighted by Gasteiger charge is 2.25. The van der Waals surface area contributed by atoms with E-state index in [1.54, 1.807) is 0 Å². The fourth-order valence-corrected chi connectivity index (χ4v) is 2.97. The number of nitrogens with one attached hydrogen (secondary N) is 4. The Morgan fingerprint density at radius 1 is 1.00 bits per heavy atom. The van der Waals surface area contributed by atoms with Gasteiger partial charge < -0.3 is 26.0 Å². The number of carbonyl (C=O) groups is 1. The first-order valence-corrected chi connectivity index (χ1v) is 10.3. The van der Waals surface area contributed by atoms with Crippen LogP contribution in [-0.4, -0.2) is 54.9 Å². The van der Waals surface area contributed by atoms with Gasteiger partial charge in [0, 0.05) is 30.7 Å². The van der Waals surface area contributed by atoms with Crippen LogP contribution < -0.4 is 21.3 Å². The van der Waals surface area contributed by atoms with E-state index < -0.39 is 5.60 Å². The van der Waals surface area contributed by atoms with Gasteiger partial charge in [0.2, 0.25) is 0 Å². The lowest BCUT2D eigenvalue weighted by Gasteiger charge is -2.31. The molecule has 0 spiro atoms. The first-order valence-electron chi connectivity index (χ1n) is 10.3. The van der Waals surface area contributed by atoms with E-state index >= 15 is 0 Å². The van der Waals surface area contributed by atoms with Crippen LogP contribution in [0.2, 0.25) is 0 Å². The monoisotopic (exact) mass is 511 g/mol. The maximum atomic E-state index is 11.9. The standard InChI is InChI=1S/C20H41N5O2.HI/c1-8-21-17(22-13-14-23-19(2,3)4)24-15-9-11-16(12-10-15)25-18(26)27-20(5,6)7;/h15-16,23H,8-14H2,1-7H3,(H,25,26)(H2,21,22,24);1H. The summed E-state index contributed by atoms with van der Waals surface area (Å²) in [6, 6.07) is 0.573. The first kappa shape index (κ1) is 27.2. The molecule has 1 amide bonds. The SMILES string of the molecule is CCNC(=NCCNC(C)(C)C)NC1CCC(NC(=O)OC(C)(C)C)CC1.I.